The van der Waals surface area contributed by atoms with Gasteiger partial charge in [-0.3, -0.25) is 4.79 Å². The summed E-state index contributed by atoms with van der Waals surface area (Å²) < 4.78 is 5.53. The largest absolute Gasteiger partial charge is 0.480 e. The second kappa shape index (κ2) is 6.78. The fourth-order valence-corrected chi connectivity index (χ4v) is 1.67. The molecular weight excluding hydrogens is 298 g/mol. The maximum atomic E-state index is 12.1. The number of rotatable bonds is 6. The molecule has 0 aliphatic rings. The van der Waals surface area contributed by atoms with Crippen molar-refractivity contribution in [3.63, 3.8) is 0 Å². The van der Waals surface area contributed by atoms with Gasteiger partial charge in [-0.05, 0) is 45.0 Å². The number of amides is 1. The summed E-state index contributed by atoms with van der Waals surface area (Å²) in [4.78, 5) is 23.1. The Bertz CT molecular complexity index is 513. The lowest BCUT2D eigenvalue weighted by atomic mass is 10.1. The molecule has 0 aliphatic heterocycles. The number of nitrogens with one attached hydrogen (secondary N) is 1. The first kappa shape index (κ1) is 17.3. The van der Waals surface area contributed by atoms with Crippen LogP contribution in [0.25, 0.3) is 0 Å². The van der Waals surface area contributed by atoms with Crippen molar-refractivity contribution >= 4 is 23.5 Å². The molecule has 6 nitrogen and oxygen atoms in total. The van der Waals surface area contributed by atoms with E-state index in [1.54, 1.807) is 24.3 Å². The fourth-order valence-electron chi connectivity index (χ4n) is 1.55. The third kappa shape index (κ3) is 4.91. The number of aliphatic hydroxyl groups excluding tert-OH is 1. The van der Waals surface area contributed by atoms with Gasteiger partial charge in [0.15, 0.2) is 11.6 Å². The molecule has 21 heavy (non-hydrogen) atoms. The van der Waals surface area contributed by atoms with E-state index in [0.717, 1.165) is 0 Å². The molecule has 1 aromatic rings. The highest BCUT2D eigenvalue weighted by Crippen LogP contribution is 2.21. The SMILES string of the molecule is CC(O)C(NC(=O)C(C)(C)Oc1ccc(Cl)cc1)C(=O)O. The zero-order chi connectivity index (χ0) is 16.2. The van der Waals surface area contributed by atoms with Crippen molar-refractivity contribution in [1.82, 2.24) is 5.32 Å². The minimum atomic E-state index is -1.40. The Morgan fingerprint density at radius 3 is 2.24 bits per heavy atom. The molecule has 7 heteroatoms. The molecule has 0 spiro atoms. The standard InChI is InChI=1S/C14H18ClNO5/c1-8(17)11(12(18)19)16-13(20)14(2,3)21-10-6-4-9(15)5-7-10/h4-8,11,17H,1-3H3,(H,16,20)(H,18,19). The Morgan fingerprint density at radius 1 is 1.29 bits per heavy atom. The molecule has 2 atom stereocenters. The van der Waals surface area contributed by atoms with Crippen LogP contribution < -0.4 is 10.1 Å². The van der Waals surface area contributed by atoms with Gasteiger partial charge in [0.2, 0.25) is 0 Å². The number of carbonyl (C=O) groups excluding carboxylic acids is 1. The molecule has 3 N–H and O–H groups in total. The lowest BCUT2D eigenvalue weighted by Crippen LogP contribution is -2.55. The Kier molecular flexibility index (Phi) is 5.57. The number of aliphatic carboxylic acids is 1. The van der Waals surface area contributed by atoms with Crippen LogP contribution in [0.15, 0.2) is 24.3 Å². The molecule has 1 amide bonds. The van der Waals surface area contributed by atoms with Gasteiger partial charge in [0, 0.05) is 5.02 Å². The molecular formula is C14H18ClNO5. The first-order valence-electron chi connectivity index (χ1n) is 6.30. The highest BCUT2D eigenvalue weighted by atomic mass is 35.5. The van der Waals surface area contributed by atoms with Gasteiger partial charge in [0.1, 0.15) is 5.75 Å². The number of halogens is 1. The molecule has 116 valence electrons. The minimum absolute atomic E-state index is 0.420. The number of aliphatic hydroxyl groups is 1. The van der Waals surface area contributed by atoms with E-state index >= 15 is 0 Å². The van der Waals surface area contributed by atoms with Crippen molar-refractivity contribution in [3.8, 4) is 5.75 Å². The Balaban J connectivity index is 2.79. The van der Waals surface area contributed by atoms with E-state index in [1.807, 2.05) is 0 Å². The average molecular weight is 316 g/mol. The van der Waals surface area contributed by atoms with Gasteiger partial charge >= 0.3 is 5.97 Å². The van der Waals surface area contributed by atoms with Crippen molar-refractivity contribution in [1.29, 1.82) is 0 Å². The molecule has 0 radical (unpaired) electrons. The quantitative estimate of drug-likeness (QED) is 0.738. The molecule has 1 aromatic carbocycles. The molecule has 0 heterocycles. The molecule has 0 aromatic heterocycles. The number of carboxylic acid groups (broad SMARTS) is 1. The summed E-state index contributed by atoms with van der Waals surface area (Å²) in [6.45, 7) is 4.28. The topological polar surface area (TPSA) is 95.9 Å². The van der Waals surface area contributed by atoms with Crippen LogP contribution in [0.5, 0.6) is 5.75 Å². The summed E-state index contributed by atoms with van der Waals surface area (Å²) in [5, 5.41) is 21.1. The monoisotopic (exact) mass is 315 g/mol. The lowest BCUT2D eigenvalue weighted by Gasteiger charge is -2.27. The Morgan fingerprint density at radius 2 is 1.81 bits per heavy atom. The predicted molar refractivity (Wildman–Crippen MR) is 77.4 cm³/mol. The highest BCUT2D eigenvalue weighted by Gasteiger charge is 2.35. The molecule has 0 saturated carbocycles. The molecule has 2 unspecified atom stereocenters. The van der Waals surface area contributed by atoms with Crippen molar-refractivity contribution in [2.24, 2.45) is 0 Å². The maximum absolute atomic E-state index is 12.1. The molecule has 0 bridgehead atoms. The normalized spacial score (nSPS) is 14.1. The minimum Gasteiger partial charge on any atom is -0.480 e. The van der Waals surface area contributed by atoms with E-state index in [2.05, 4.69) is 5.32 Å². The van der Waals surface area contributed by atoms with Gasteiger partial charge < -0.3 is 20.3 Å². The van der Waals surface area contributed by atoms with Gasteiger partial charge in [0.05, 0.1) is 6.10 Å². The number of ether oxygens (including phenoxy) is 1. The second-order valence-corrected chi connectivity index (χ2v) is 5.53. The number of hydrogen-bond donors (Lipinski definition) is 3. The Labute approximate surface area is 127 Å². The predicted octanol–water partition coefficient (Wildman–Crippen LogP) is 1.45. The van der Waals surface area contributed by atoms with E-state index in [-0.39, 0.29) is 0 Å². The molecule has 0 saturated heterocycles. The number of benzene rings is 1. The van der Waals surface area contributed by atoms with Gasteiger partial charge in [-0.25, -0.2) is 4.79 Å². The van der Waals surface area contributed by atoms with E-state index in [0.29, 0.717) is 10.8 Å². The first-order valence-corrected chi connectivity index (χ1v) is 6.67. The van der Waals surface area contributed by atoms with E-state index in [9.17, 15) is 14.7 Å². The van der Waals surface area contributed by atoms with Crippen molar-refractivity contribution < 1.29 is 24.5 Å². The maximum Gasteiger partial charge on any atom is 0.328 e. The van der Waals surface area contributed by atoms with E-state index < -0.39 is 29.6 Å². The van der Waals surface area contributed by atoms with Crippen molar-refractivity contribution in [3.05, 3.63) is 29.3 Å². The molecule has 0 fully saturated rings. The molecule has 0 aliphatic carbocycles. The van der Waals surface area contributed by atoms with Gasteiger partial charge in [-0.2, -0.15) is 0 Å². The van der Waals surface area contributed by atoms with Gasteiger partial charge in [-0.15, -0.1) is 0 Å². The van der Waals surface area contributed by atoms with Gasteiger partial charge in [-0.1, -0.05) is 11.6 Å². The zero-order valence-electron chi connectivity index (χ0n) is 12.0. The van der Waals surface area contributed by atoms with Crippen molar-refractivity contribution in [2.45, 2.75) is 38.5 Å². The summed E-state index contributed by atoms with van der Waals surface area (Å²) in [7, 11) is 0. The summed E-state index contributed by atoms with van der Waals surface area (Å²) in [5.74, 6) is -1.55. The van der Waals surface area contributed by atoms with Crippen LogP contribution in [0.1, 0.15) is 20.8 Å². The summed E-state index contributed by atoms with van der Waals surface area (Å²) in [6.07, 6.45) is -1.22. The fraction of sp³-hybridized carbons (Fsp3) is 0.429. The third-order valence-corrected chi connectivity index (χ3v) is 3.02. The number of hydrogen-bond acceptors (Lipinski definition) is 4. The molecule has 1 rings (SSSR count). The zero-order valence-corrected chi connectivity index (χ0v) is 12.7. The summed E-state index contributed by atoms with van der Waals surface area (Å²) in [6, 6.07) is 5.02. The van der Waals surface area contributed by atoms with Crippen LogP contribution >= 0.6 is 11.6 Å². The van der Waals surface area contributed by atoms with Crippen LogP contribution in [-0.2, 0) is 9.59 Å². The van der Waals surface area contributed by atoms with Crippen molar-refractivity contribution in [2.75, 3.05) is 0 Å². The highest BCUT2D eigenvalue weighted by molar-refractivity contribution is 6.30. The smallest absolute Gasteiger partial charge is 0.328 e. The Hall–Kier alpha value is -1.79. The second-order valence-electron chi connectivity index (χ2n) is 5.10. The van der Waals surface area contributed by atoms with Crippen LogP contribution in [0, 0.1) is 0 Å². The number of carboxylic acids is 1. The summed E-state index contributed by atoms with van der Waals surface area (Å²) in [5.41, 5.74) is -1.31. The number of carbonyl (C=O) groups is 2. The van der Waals surface area contributed by atoms with Crippen LogP contribution in [0.4, 0.5) is 0 Å². The van der Waals surface area contributed by atoms with Crippen LogP contribution in [0.3, 0.4) is 0 Å². The van der Waals surface area contributed by atoms with Gasteiger partial charge in [0.25, 0.3) is 5.91 Å². The lowest BCUT2D eigenvalue weighted by molar-refractivity contribution is -0.147. The summed E-state index contributed by atoms with van der Waals surface area (Å²) >= 11 is 5.76. The first-order chi connectivity index (χ1) is 9.63. The van der Waals surface area contributed by atoms with E-state index in [4.69, 9.17) is 21.4 Å². The van der Waals surface area contributed by atoms with Crippen LogP contribution in [-0.4, -0.2) is 39.8 Å². The third-order valence-electron chi connectivity index (χ3n) is 2.77. The van der Waals surface area contributed by atoms with Crippen LogP contribution in [0.2, 0.25) is 5.02 Å². The average Bonchev–Trinajstić information content (AvgIpc) is 2.37. The van der Waals surface area contributed by atoms with E-state index in [1.165, 1.54) is 20.8 Å².